The molecule has 0 atom stereocenters. The van der Waals surface area contributed by atoms with Crippen molar-refractivity contribution in [2.24, 2.45) is 22.2 Å². The normalized spacial score (nSPS) is 13.1. The van der Waals surface area contributed by atoms with Crippen LogP contribution in [-0.2, 0) is 0 Å². The lowest BCUT2D eigenvalue weighted by molar-refractivity contribution is 0.956. The fourth-order valence-corrected chi connectivity index (χ4v) is 2.44. The standard InChI is InChI=1S/C17H22N6S/c1-4-5-15(8-9-18)24-17-7-6-14(11-21-17)23-16(20)10-12(2)22-13(3)19/h4-11,22H,1,3,18-19H2,2H3,(H2,20,23)/b9-8-,12-10?,15-5+. The monoisotopic (exact) mass is 342 g/mol. The Morgan fingerprint density at radius 2 is 2.12 bits per heavy atom. The maximum absolute atomic E-state index is 5.87. The van der Waals surface area contributed by atoms with Crippen molar-refractivity contribution in [3.63, 3.8) is 0 Å². The van der Waals surface area contributed by atoms with E-state index in [1.807, 2.05) is 25.1 Å². The van der Waals surface area contributed by atoms with E-state index in [0.29, 0.717) is 17.3 Å². The average molecular weight is 342 g/mol. The van der Waals surface area contributed by atoms with E-state index in [1.54, 1.807) is 24.4 Å². The zero-order valence-electron chi connectivity index (χ0n) is 13.6. The van der Waals surface area contributed by atoms with E-state index in [-0.39, 0.29) is 0 Å². The molecule has 0 fully saturated rings. The fraction of sp³-hybridized carbons (Fsp3) is 0.0588. The highest BCUT2D eigenvalue weighted by Gasteiger charge is 2.00. The van der Waals surface area contributed by atoms with Gasteiger partial charge >= 0.3 is 0 Å². The highest BCUT2D eigenvalue weighted by Crippen LogP contribution is 2.26. The number of hydrogen-bond donors (Lipinski definition) is 4. The molecule has 0 aliphatic heterocycles. The summed E-state index contributed by atoms with van der Waals surface area (Å²) in [5.74, 6) is 0.677. The molecule has 0 saturated carbocycles. The van der Waals surface area contributed by atoms with E-state index in [0.717, 1.165) is 15.6 Å². The van der Waals surface area contributed by atoms with Crippen molar-refractivity contribution in [3.05, 3.63) is 78.4 Å². The van der Waals surface area contributed by atoms with Gasteiger partial charge in [0.25, 0.3) is 0 Å². The van der Waals surface area contributed by atoms with Crippen molar-refractivity contribution in [1.29, 1.82) is 0 Å². The molecule has 0 spiro atoms. The van der Waals surface area contributed by atoms with E-state index in [9.17, 15) is 0 Å². The highest BCUT2D eigenvalue weighted by atomic mass is 32.2. The minimum atomic E-state index is 0.335. The SMILES string of the molecule is C=C/C=C(\C=C/N)Sc1ccc(N=C(N)C=C(C)NC(=C)N)cn1. The van der Waals surface area contributed by atoms with Crippen LogP contribution in [-0.4, -0.2) is 10.8 Å². The number of nitrogens with two attached hydrogens (primary N) is 3. The number of aromatic nitrogens is 1. The van der Waals surface area contributed by atoms with E-state index >= 15 is 0 Å². The maximum Gasteiger partial charge on any atom is 0.125 e. The van der Waals surface area contributed by atoms with Gasteiger partial charge in [0.15, 0.2) is 0 Å². The Labute approximate surface area is 146 Å². The zero-order chi connectivity index (χ0) is 17.9. The van der Waals surface area contributed by atoms with E-state index < -0.39 is 0 Å². The van der Waals surface area contributed by atoms with E-state index in [2.05, 4.69) is 28.5 Å². The fourth-order valence-electron chi connectivity index (χ4n) is 1.65. The van der Waals surface area contributed by atoms with Gasteiger partial charge in [-0.25, -0.2) is 9.98 Å². The largest absolute Gasteiger partial charge is 0.405 e. The second-order valence-corrected chi connectivity index (χ2v) is 5.73. The van der Waals surface area contributed by atoms with Crippen molar-refractivity contribution < 1.29 is 0 Å². The smallest absolute Gasteiger partial charge is 0.125 e. The van der Waals surface area contributed by atoms with Crippen LogP contribution in [0.1, 0.15) is 6.92 Å². The number of hydrogen-bond acceptors (Lipinski definition) is 6. The zero-order valence-corrected chi connectivity index (χ0v) is 14.4. The molecule has 126 valence electrons. The molecule has 0 amide bonds. The molecule has 1 aromatic heterocycles. The summed E-state index contributed by atoms with van der Waals surface area (Å²) in [6, 6.07) is 3.69. The predicted octanol–water partition coefficient (Wildman–Crippen LogP) is 2.63. The van der Waals surface area contributed by atoms with Gasteiger partial charge in [-0.3, -0.25) is 0 Å². The molecule has 24 heavy (non-hydrogen) atoms. The lowest BCUT2D eigenvalue weighted by Crippen LogP contribution is -2.19. The third kappa shape index (κ3) is 7.37. The van der Waals surface area contributed by atoms with Crippen molar-refractivity contribution in [1.82, 2.24) is 10.3 Å². The number of aliphatic imine (C=N–C) groups is 1. The second kappa shape index (κ2) is 9.96. The Morgan fingerprint density at radius 1 is 1.38 bits per heavy atom. The van der Waals surface area contributed by atoms with Crippen molar-refractivity contribution >= 4 is 23.3 Å². The van der Waals surface area contributed by atoms with Crippen LogP contribution in [0.15, 0.2) is 88.4 Å². The molecule has 1 aromatic rings. The highest BCUT2D eigenvalue weighted by molar-refractivity contribution is 8.03. The lowest BCUT2D eigenvalue weighted by atomic mass is 10.4. The van der Waals surface area contributed by atoms with Gasteiger partial charge in [0.2, 0.25) is 0 Å². The summed E-state index contributed by atoms with van der Waals surface area (Å²) in [5.41, 5.74) is 18.1. The summed E-state index contributed by atoms with van der Waals surface area (Å²) in [4.78, 5) is 9.55. The average Bonchev–Trinajstić information content (AvgIpc) is 2.48. The number of rotatable bonds is 8. The van der Waals surface area contributed by atoms with E-state index in [1.165, 1.54) is 18.0 Å². The minimum absolute atomic E-state index is 0.335. The molecule has 0 aromatic carbocycles. The first-order chi connectivity index (χ1) is 11.4. The third-order valence-electron chi connectivity index (χ3n) is 2.47. The number of nitrogens with zero attached hydrogens (tertiary/aromatic N) is 2. The molecular weight excluding hydrogens is 320 g/mol. The van der Waals surface area contributed by atoms with Gasteiger partial charge in [0.1, 0.15) is 10.9 Å². The van der Waals surface area contributed by atoms with Crippen LogP contribution < -0.4 is 22.5 Å². The van der Waals surface area contributed by atoms with Gasteiger partial charge in [-0.15, -0.1) is 0 Å². The molecular formula is C17H22N6S. The molecule has 0 unspecified atom stereocenters. The molecule has 0 aliphatic rings. The Hall–Kier alpha value is -2.93. The molecule has 0 radical (unpaired) electrons. The quantitative estimate of drug-likeness (QED) is 0.250. The van der Waals surface area contributed by atoms with Gasteiger partial charge in [0, 0.05) is 10.6 Å². The Kier molecular flexibility index (Phi) is 7.93. The van der Waals surface area contributed by atoms with Gasteiger partial charge in [-0.2, -0.15) is 0 Å². The summed E-state index contributed by atoms with van der Waals surface area (Å²) < 4.78 is 0. The lowest BCUT2D eigenvalue weighted by Gasteiger charge is -2.04. The third-order valence-corrected chi connectivity index (χ3v) is 3.42. The Morgan fingerprint density at radius 3 is 2.67 bits per heavy atom. The van der Waals surface area contributed by atoms with Crippen LogP contribution in [0.2, 0.25) is 0 Å². The van der Waals surface area contributed by atoms with Crippen LogP contribution in [0.25, 0.3) is 0 Å². The topological polar surface area (TPSA) is 115 Å². The Balaban J connectivity index is 2.83. The van der Waals surface area contributed by atoms with Gasteiger partial charge < -0.3 is 22.5 Å². The maximum atomic E-state index is 5.87. The summed E-state index contributed by atoms with van der Waals surface area (Å²) in [6.45, 7) is 9.04. The van der Waals surface area contributed by atoms with Gasteiger partial charge in [-0.05, 0) is 43.5 Å². The summed E-state index contributed by atoms with van der Waals surface area (Å²) in [6.07, 6.45) is 10.1. The molecule has 0 bridgehead atoms. The molecule has 6 nitrogen and oxygen atoms in total. The molecule has 1 heterocycles. The number of allylic oxidation sites excluding steroid dienone is 4. The summed E-state index contributed by atoms with van der Waals surface area (Å²) >= 11 is 1.47. The summed E-state index contributed by atoms with van der Waals surface area (Å²) in [5, 5.41) is 3.66. The molecule has 1 rings (SSSR count). The second-order valence-electron chi connectivity index (χ2n) is 4.63. The van der Waals surface area contributed by atoms with Crippen LogP contribution >= 0.6 is 11.8 Å². The first-order valence-electron chi connectivity index (χ1n) is 7.03. The number of nitrogens with one attached hydrogen (secondary N) is 1. The molecule has 7 N–H and O–H groups in total. The Bertz CT molecular complexity index is 698. The van der Waals surface area contributed by atoms with Gasteiger partial charge in [-0.1, -0.05) is 31.0 Å². The number of pyridine rings is 1. The number of amidine groups is 1. The minimum Gasteiger partial charge on any atom is -0.405 e. The first kappa shape index (κ1) is 19.1. The van der Waals surface area contributed by atoms with Crippen molar-refractivity contribution in [2.75, 3.05) is 0 Å². The van der Waals surface area contributed by atoms with Crippen LogP contribution in [0.5, 0.6) is 0 Å². The van der Waals surface area contributed by atoms with Crippen LogP contribution in [0, 0.1) is 0 Å². The van der Waals surface area contributed by atoms with Crippen LogP contribution in [0.3, 0.4) is 0 Å². The van der Waals surface area contributed by atoms with Crippen LogP contribution in [0.4, 0.5) is 5.69 Å². The number of thioether (sulfide) groups is 1. The summed E-state index contributed by atoms with van der Waals surface area (Å²) in [7, 11) is 0. The van der Waals surface area contributed by atoms with E-state index in [4.69, 9.17) is 17.2 Å². The van der Waals surface area contributed by atoms with Crippen molar-refractivity contribution in [3.8, 4) is 0 Å². The predicted molar refractivity (Wildman–Crippen MR) is 103 cm³/mol. The molecule has 7 heteroatoms. The molecule has 0 aliphatic carbocycles. The van der Waals surface area contributed by atoms with Crippen molar-refractivity contribution in [2.45, 2.75) is 11.9 Å². The molecule has 0 saturated heterocycles. The van der Waals surface area contributed by atoms with Gasteiger partial charge in [0.05, 0.1) is 17.7 Å². The first-order valence-corrected chi connectivity index (χ1v) is 7.85.